The van der Waals surface area contributed by atoms with E-state index in [1.54, 1.807) is 36.7 Å². The molecule has 2 atom stereocenters. The second-order valence-corrected chi connectivity index (χ2v) is 10.5. The number of carbonyl (C=O) groups is 1. The molecular formula is C21H26N4O4S. The molecule has 0 spiro atoms. The fourth-order valence-corrected chi connectivity index (χ4v) is 4.25. The van der Waals surface area contributed by atoms with E-state index in [9.17, 15) is 13.2 Å². The van der Waals surface area contributed by atoms with Gasteiger partial charge in [-0.3, -0.25) is 0 Å². The molecule has 0 aliphatic heterocycles. The molecular weight excluding hydrogens is 404 g/mol. The Labute approximate surface area is 176 Å². The van der Waals surface area contributed by atoms with Gasteiger partial charge in [0, 0.05) is 29.9 Å². The van der Waals surface area contributed by atoms with E-state index in [1.165, 1.54) is 6.26 Å². The number of amides is 1. The number of ether oxygens (including phenoxy) is 1. The van der Waals surface area contributed by atoms with Gasteiger partial charge in [-0.15, -0.1) is 0 Å². The van der Waals surface area contributed by atoms with Crippen molar-refractivity contribution in [3.63, 3.8) is 0 Å². The monoisotopic (exact) mass is 430 g/mol. The molecule has 30 heavy (non-hydrogen) atoms. The number of anilines is 2. The van der Waals surface area contributed by atoms with Crippen molar-refractivity contribution in [1.82, 2.24) is 15.3 Å². The number of nitrogens with zero attached hydrogens (tertiary/aromatic N) is 2. The van der Waals surface area contributed by atoms with Gasteiger partial charge < -0.3 is 15.4 Å². The van der Waals surface area contributed by atoms with E-state index in [0.717, 1.165) is 37.7 Å². The summed E-state index contributed by atoms with van der Waals surface area (Å²) in [5.74, 6) is 0.705. The number of alkyl carbamates (subject to hydrolysis) is 1. The Morgan fingerprint density at radius 3 is 2.40 bits per heavy atom. The van der Waals surface area contributed by atoms with E-state index in [0.29, 0.717) is 11.6 Å². The highest BCUT2D eigenvalue weighted by Gasteiger charge is 2.40. The predicted octanol–water partition coefficient (Wildman–Crippen LogP) is 3.54. The number of hydrogen-bond donors (Lipinski definition) is 2. The van der Waals surface area contributed by atoms with Crippen LogP contribution < -0.4 is 10.6 Å². The average molecular weight is 431 g/mol. The Morgan fingerprint density at radius 1 is 1.13 bits per heavy atom. The molecule has 2 aromatic rings. The molecule has 2 aliphatic rings. The molecule has 1 aromatic heterocycles. The van der Waals surface area contributed by atoms with Crippen molar-refractivity contribution in [2.75, 3.05) is 11.6 Å². The Bertz CT molecular complexity index is 1020. The molecule has 1 heterocycles. The number of benzene rings is 1. The molecule has 160 valence electrons. The summed E-state index contributed by atoms with van der Waals surface area (Å²) < 4.78 is 28.6. The summed E-state index contributed by atoms with van der Waals surface area (Å²) in [4.78, 5) is 21.0. The van der Waals surface area contributed by atoms with Crippen molar-refractivity contribution in [3.05, 3.63) is 42.2 Å². The van der Waals surface area contributed by atoms with Gasteiger partial charge in [0.25, 0.3) is 0 Å². The second kappa shape index (κ2) is 7.86. The third-order valence-electron chi connectivity index (χ3n) is 5.74. The highest BCUT2D eigenvalue weighted by molar-refractivity contribution is 7.90. The summed E-state index contributed by atoms with van der Waals surface area (Å²) in [5, 5.41) is 5.99. The van der Waals surface area contributed by atoms with Crippen molar-refractivity contribution in [1.29, 1.82) is 0 Å². The smallest absolute Gasteiger partial charge is 0.407 e. The van der Waals surface area contributed by atoms with Gasteiger partial charge in [-0.25, -0.2) is 23.2 Å². The molecule has 2 saturated carbocycles. The van der Waals surface area contributed by atoms with Gasteiger partial charge in [0.05, 0.1) is 4.90 Å². The van der Waals surface area contributed by atoms with E-state index < -0.39 is 9.84 Å². The molecule has 0 radical (unpaired) electrons. The van der Waals surface area contributed by atoms with Crippen LogP contribution in [0.3, 0.4) is 0 Å². The first-order valence-electron chi connectivity index (χ1n) is 10.1. The zero-order valence-corrected chi connectivity index (χ0v) is 17.9. The quantitative estimate of drug-likeness (QED) is 0.721. The molecule has 1 aromatic carbocycles. The number of aromatic nitrogens is 2. The number of hydrogen-bond acceptors (Lipinski definition) is 7. The molecule has 8 nitrogen and oxygen atoms in total. The van der Waals surface area contributed by atoms with Crippen LogP contribution in [0.4, 0.5) is 16.4 Å². The van der Waals surface area contributed by atoms with Crippen molar-refractivity contribution >= 4 is 27.6 Å². The maximum atomic E-state index is 12.0. The first-order valence-corrected chi connectivity index (χ1v) is 12.0. The van der Waals surface area contributed by atoms with Crippen LogP contribution in [0, 0.1) is 0 Å². The lowest BCUT2D eigenvalue weighted by molar-refractivity contribution is 0.0967. The lowest BCUT2D eigenvalue weighted by Crippen LogP contribution is -2.36. The van der Waals surface area contributed by atoms with Crippen LogP contribution in [0.1, 0.15) is 50.5 Å². The van der Waals surface area contributed by atoms with Crippen molar-refractivity contribution in [2.24, 2.45) is 0 Å². The van der Waals surface area contributed by atoms with Gasteiger partial charge in [-0.2, -0.15) is 0 Å². The zero-order valence-electron chi connectivity index (χ0n) is 17.1. The maximum absolute atomic E-state index is 12.0. The van der Waals surface area contributed by atoms with Crippen LogP contribution in [-0.4, -0.2) is 42.4 Å². The van der Waals surface area contributed by atoms with Gasteiger partial charge in [0.1, 0.15) is 6.10 Å². The first-order chi connectivity index (χ1) is 14.2. The summed E-state index contributed by atoms with van der Waals surface area (Å²) in [7, 11) is -3.22. The second-order valence-electron chi connectivity index (χ2n) is 8.48. The van der Waals surface area contributed by atoms with Gasteiger partial charge in [0.15, 0.2) is 9.84 Å². The molecule has 0 saturated heterocycles. The largest absolute Gasteiger partial charge is 0.446 e. The van der Waals surface area contributed by atoms with Gasteiger partial charge in [0.2, 0.25) is 5.95 Å². The van der Waals surface area contributed by atoms with E-state index in [2.05, 4.69) is 20.6 Å². The van der Waals surface area contributed by atoms with Gasteiger partial charge in [-0.05, 0) is 74.8 Å². The van der Waals surface area contributed by atoms with Crippen LogP contribution in [-0.2, 0) is 14.6 Å². The molecule has 4 rings (SSSR count). The molecule has 2 N–H and O–H groups in total. The minimum absolute atomic E-state index is 0.0725. The maximum Gasteiger partial charge on any atom is 0.407 e. The van der Waals surface area contributed by atoms with E-state index >= 15 is 0 Å². The number of nitrogens with one attached hydrogen (secondary N) is 2. The third-order valence-corrected chi connectivity index (χ3v) is 6.87. The first kappa shape index (κ1) is 20.6. The molecule has 9 heteroatoms. The normalized spacial score (nSPS) is 22.3. The Hall–Kier alpha value is -2.68. The fraction of sp³-hybridized carbons (Fsp3) is 0.476. The lowest BCUT2D eigenvalue weighted by atomic mass is 10.0. The number of sulfone groups is 1. The lowest BCUT2D eigenvalue weighted by Gasteiger charge is -2.16. The predicted molar refractivity (Wildman–Crippen MR) is 113 cm³/mol. The Morgan fingerprint density at radius 2 is 1.80 bits per heavy atom. The third kappa shape index (κ3) is 5.08. The zero-order chi connectivity index (χ0) is 21.4. The molecule has 1 amide bonds. The van der Waals surface area contributed by atoms with Crippen LogP contribution in [0.15, 0.2) is 41.6 Å². The molecule has 0 bridgehead atoms. The summed E-state index contributed by atoms with van der Waals surface area (Å²) in [5.41, 5.74) is 1.66. The van der Waals surface area contributed by atoms with Crippen LogP contribution in [0.5, 0.6) is 0 Å². The van der Waals surface area contributed by atoms with E-state index in [-0.39, 0.29) is 28.5 Å². The topological polar surface area (TPSA) is 110 Å². The minimum atomic E-state index is -3.22. The highest BCUT2D eigenvalue weighted by Crippen LogP contribution is 2.37. The van der Waals surface area contributed by atoms with Crippen molar-refractivity contribution in [3.8, 4) is 0 Å². The molecule has 0 unspecified atom stereocenters. The van der Waals surface area contributed by atoms with Crippen LogP contribution in [0.25, 0.3) is 0 Å². The standard InChI is InChI=1S/C21H26N4O4S/c1-21(9-10-21)25-20(26)29-17-6-3-14(11-17)15-12-22-19(23-13-15)24-16-4-7-18(8-5-16)30(2,27)28/h4-5,7-8,12-14,17H,3,6,9-11H2,1-2H3,(H,25,26)(H,22,23,24)/t14-,17+/m0/s1. The summed E-state index contributed by atoms with van der Waals surface area (Å²) in [6, 6.07) is 6.45. The summed E-state index contributed by atoms with van der Waals surface area (Å²) in [6.45, 7) is 2.03. The highest BCUT2D eigenvalue weighted by atomic mass is 32.2. The number of carbonyl (C=O) groups excluding carboxylic acids is 1. The van der Waals surface area contributed by atoms with E-state index in [4.69, 9.17) is 4.74 Å². The molecule has 2 aliphatic carbocycles. The minimum Gasteiger partial charge on any atom is -0.446 e. The SMILES string of the molecule is CC1(NC(=O)O[C@@H]2CC[C@H](c3cnc(Nc4ccc(S(C)(=O)=O)cc4)nc3)C2)CC1. The van der Waals surface area contributed by atoms with Gasteiger partial charge >= 0.3 is 6.09 Å². The summed E-state index contributed by atoms with van der Waals surface area (Å²) >= 11 is 0. The van der Waals surface area contributed by atoms with Gasteiger partial charge in [-0.1, -0.05) is 0 Å². The fourth-order valence-electron chi connectivity index (χ4n) is 3.62. The summed E-state index contributed by atoms with van der Waals surface area (Å²) in [6.07, 6.45) is 8.91. The Kier molecular flexibility index (Phi) is 5.40. The van der Waals surface area contributed by atoms with Crippen LogP contribution in [0.2, 0.25) is 0 Å². The average Bonchev–Trinajstić information content (AvgIpc) is 3.22. The Balaban J connectivity index is 1.31. The van der Waals surface area contributed by atoms with Crippen molar-refractivity contribution in [2.45, 2.75) is 61.5 Å². The van der Waals surface area contributed by atoms with Crippen molar-refractivity contribution < 1.29 is 17.9 Å². The van der Waals surface area contributed by atoms with Crippen LogP contribution >= 0.6 is 0 Å². The van der Waals surface area contributed by atoms with E-state index in [1.807, 2.05) is 6.92 Å². The number of rotatable bonds is 6. The molecule has 2 fully saturated rings.